The summed E-state index contributed by atoms with van der Waals surface area (Å²) in [5, 5.41) is 0.337. The van der Waals surface area contributed by atoms with Gasteiger partial charge in [-0.1, -0.05) is 11.6 Å². The molecule has 1 aliphatic heterocycles. The number of carbonyl (C=O) groups is 2. The molecule has 2 N–H and O–H groups in total. The van der Waals surface area contributed by atoms with Crippen LogP contribution in [0, 0.1) is 0 Å². The van der Waals surface area contributed by atoms with Crippen molar-refractivity contribution in [2.24, 2.45) is 5.73 Å². The zero-order valence-electron chi connectivity index (χ0n) is 10.9. The quantitative estimate of drug-likeness (QED) is 0.883. The fraction of sp³-hybridized carbons (Fsp3) is 0.385. The lowest BCUT2D eigenvalue weighted by atomic mass is 10.1. The Bertz CT molecular complexity index is 531. The van der Waals surface area contributed by atoms with Crippen molar-refractivity contribution in [2.75, 3.05) is 25.5 Å². The molecule has 0 radical (unpaired) electrons. The number of nitrogens with zero attached hydrogens (tertiary/aromatic N) is 2. The van der Waals surface area contributed by atoms with Gasteiger partial charge in [0.1, 0.15) is 0 Å². The van der Waals surface area contributed by atoms with E-state index in [0.29, 0.717) is 29.2 Å². The number of anilines is 1. The summed E-state index contributed by atoms with van der Waals surface area (Å²) in [4.78, 5) is 26.7. The summed E-state index contributed by atoms with van der Waals surface area (Å²) in [5.41, 5.74) is 6.85. The van der Waals surface area contributed by atoms with Gasteiger partial charge in [-0.25, -0.2) is 0 Å². The van der Waals surface area contributed by atoms with E-state index in [-0.39, 0.29) is 17.9 Å². The summed E-state index contributed by atoms with van der Waals surface area (Å²) in [6, 6.07) is 4.85. The Hall–Kier alpha value is -1.59. The topological polar surface area (TPSA) is 66.6 Å². The van der Waals surface area contributed by atoms with E-state index >= 15 is 0 Å². The predicted molar refractivity (Wildman–Crippen MR) is 74.4 cm³/mol. The first-order valence-electron chi connectivity index (χ1n) is 5.97. The van der Waals surface area contributed by atoms with Crippen LogP contribution in [0.4, 0.5) is 5.69 Å². The van der Waals surface area contributed by atoms with Crippen molar-refractivity contribution in [3.8, 4) is 0 Å². The van der Waals surface area contributed by atoms with Gasteiger partial charge in [0, 0.05) is 38.8 Å². The molecular formula is C13H16ClN3O2. The number of carbonyl (C=O) groups excluding carboxylic acids is 2. The second-order valence-electron chi connectivity index (χ2n) is 4.83. The zero-order chi connectivity index (χ0) is 14.2. The average molecular weight is 282 g/mol. The van der Waals surface area contributed by atoms with E-state index in [1.54, 1.807) is 37.2 Å². The van der Waals surface area contributed by atoms with E-state index in [1.165, 1.54) is 4.90 Å². The normalized spacial score (nSPS) is 18.8. The highest BCUT2D eigenvalue weighted by Crippen LogP contribution is 2.27. The standard InChI is InChI=1S/C13H16ClN3O2/c1-16(2)13(19)10-4-3-9(6-11(10)14)17-7-8(15)5-12(17)18/h3-4,6,8H,5,7,15H2,1-2H3. The first-order chi connectivity index (χ1) is 8.90. The SMILES string of the molecule is CN(C)C(=O)c1ccc(N2CC(N)CC2=O)cc1Cl. The minimum absolute atomic E-state index is 0.0183. The van der Waals surface area contributed by atoms with Gasteiger partial charge in [-0.2, -0.15) is 0 Å². The summed E-state index contributed by atoms with van der Waals surface area (Å²) in [5.74, 6) is -0.184. The largest absolute Gasteiger partial charge is 0.345 e. The Morgan fingerprint density at radius 1 is 1.47 bits per heavy atom. The molecule has 102 valence electrons. The molecular weight excluding hydrogens is 266 g/mol. The van der Waals surface area contributed by atoms with Crippen LogP contribution in [0.5, 0.6) is 0 Å². The van der Waals surface area contributed by atoms with E-state index in [9.17, 15) is 9.59 Å². The molecule has 0 aromatic heterocycles. The second kappa shape index (κ2) is 5.19. The Labute approximate surface area is 116 Å². The smallest absolute Gasteiger partial charge is 0.254 e. The van der Waals surface area contributed by atoms with Crippen molar-refractivity contribution in [3.05, 3.63) is 28.8 Å². The maximum Gasteiger partial charge on any atom is 0.254 e. The highest BCUT2D eigenvalue weighted by molar-refractivity contribution is 6.34. The molecule has 0 aliphatic carbocycles. The van der Waals surface area contributed by atoms with Crippen LogP contribution in [0.1, 0.15) is 16.8 Å². The van der Waals surface area contributed by atoms with Crippen molar-refractivity contribution in [3.63, 3.8) is 0 Å². The average Bonchev–Trinajstić information content (AvgIpc) is 2.67. The third-order valence-corrected chi connectivity index (χ3v) is 3.37. The molecule has 19 heavy (non-hydrogen) atoms. The Balaban J connectivity index is 2.29. The second-order valence-corrected chi connectivity index (χ2v) is 5.24. The monoisotopic (exact) mass is 281 g/mol. The van der Waals surface area contributed by atoms with Crippen LogP contribution in [-0.4, -0.2) is 43.4 Å². The van der Waals surface area contributed by atoms with Gasteiger partial charge < -0.3 is 15.5 Å². The zero-order valence-corrected chi connectivity index (χ0v) is 11.6. The number of hydrogen-bond acceptors (Lipinski definition) is 3. The number of nitrogens with two attached hydrogens (primary N) is 1. The molecule has 5 nitrogen and oxygen atoms in total. The molecule has 1 saturated heterocycles. The van der Waals surface area contributed by atoms with Gasteiger partial charge in [-0.05, 0) is 18.2 Å². The van der Waals surface area contributed by atoms with Crippen molar-refractivity contribution < 1.29 is 9.59 Å². The molecule has 1 unspecified atom stereocenters. The van der Waals surface area contributed by atoms with Crippen LogP contribution in [0.3, 0.4) is 0 Å². The van der Waals surface area contributed by atoms with E-state index < -0.39 is 0 Å². The summed E-state index contributed by atoms with van der Waals surface area (Å²) in [6.07, 6.45) is 0.343. The van der Waals surface area contributed by atoms with Crippen LogP contribution < -0.4 is 10.6 Å². The third kappa shape index (κ3) is 2.72. The van der Waals surface area contributed by atoms with Gasteiger partial charge in [0.05, 0.1) is 10.6 Å². The van der Waals surface area contributed by atoms with Gasteiger partial charge in [0.25, 0.3) is 5.91 Å². The maximum atomic E-state index is 11.9. The maximum absolute atomic E-state index is 11.9. The lowest BCUT2D eigenvalue weighted by molar-refractivity contribution is -0.117. The number of amides is 2. The highest BCUT2D eigenvalue weighted by atomic mass is 35.5. The molecule has 1 aromatic carbocycles. The molecule has 0 spiro atoms. The summed E-state index contributed by atoms with van der Waals surface area (Å²) < 4.78 is 0. The minimum atomic E-state index is -0.166. The van der Waals surface area contributed by atoms with E-state index in [1.807, 2.05) is 0 Å². The van der Waals surface area contributed by atoms with E-state index in [2.05, 4.69) is 0 Å². The van der Waals surface area contributed by atoms with Gasteiger partial charge in [0.2, 0.25) is 5.91 Å². The van der Waals surface area contributed by atoms with Crippen LogP contribution in [-0.2, 0) is 4.79 Å². The predicted octanol–water partition coefficient (Wildman–Crippen LogP) is 1.11. The molecule has 1 atom stereocenters. The fourth-order valence-corrected chi connectivity index (χ4v) is 2.33. The molecule has 1 aliphatic rings. The molecule has 0 bridgehead atoms. The fourth-order valence-electron chi connectivity index (χ4n) is 2.07. The molecule has 0 saturated carbocycles. The number of rotatable bonds is 2. The molecule has 1 fully saturated rings. The van der Waals surface area contributed by atoms with Gasteiger partial charge in [-0.15, -0.1) is 0 Å². The van der Waals surface area contributed by atoms with Gasteiger partial charge in [0.15, 0.2) is 0 Å². The van der Waals surface area contributed by atoms with Crippen molar-refractivity contribution in [1.29, 1.82) is 0 Å². The van der Waals surface area contributed by atoms with Crippen molar-refractivity contribution in [2.45, 2.75) is 12.5 Å². The van der Waals surface area contributed by atoms with Crippen molar-refractivity contribution >= 4 is 29.1 Å². The number of halogens is 1. The van der Waals surface area contributed by atoms with E-state index in [0.717, 1.165) is 0 Å². The summed E-state index contributed by atoms with van der Waals surface area (Å²) in [6.45, 7) is 0.482. The molecule has 2 rings (SSSR count). The van der Waals surface area contributed by atoms with Crippen LogP contribution >= 0.6 is 11.6 Å². The lowest BCUT2D eigenvalue weighted by Gasteiger charge is -2.18. The third-order valence-electron chi connectivity index (χ3n) is 3.06. The first-order valence-corrected chi connectivity index (χ1v) is 6.35. The molecule has 2 amide bonds. The van der Waals surface area contributed by atoms with Crippen LogP contribution in [0.2, 0.25) is 5.02 Å². The Morgan fingerprint density at radius 3 is 2.63 bits per heavy atom. The molecule has 1 aromatic rings. The first kappa shape index (κ1) is 13.8. The van der Waals surface area contributed by atoms with E-state index in [4.69, 9.17) is 17.3 Å². The van der Waals surface area contributed by atoms with Crippen LogP contribution in [0.15, 0.2) is 18.2 Å². The van der Waals surface area contributed by atoms with Gasteiger partial charge >= 0.3 is 0 Å². The molecule has 1 heterocycles. The Kier molecular flexibility index (Phi) is 3.78. The lowest BCUT2D eigenvalue weighted by Crippen LogP contribution is -2.28. The highest BCUT2D eigenvalue weighted by Gasteiger charge is 2.28. The number of benzene rings is 1. The molecule has 6 heteroatoms. The minimum Gasteiger partial charge on any atom is -0.345 e. The summed E-state index contributed by atoms with van der Waals surface area (Å²) in [7, 11) is 3.32. The van der Waals surface area contributed by atoms with Crippen molar-refractivity contribution in [1.82, 2.24) is 4.90 Å². The number of hydrogen-bond donors (Lipinski definition) is 1. The Morgan fingerprint density at radius 2 is 2.16 bits per heavy atom. The van der Waals surface area contributed by atoms with Crippen LogP contribution in [0.25, 0.3) is 0 Å². The summed E-state index contributed by atoms with van der Waals surface area (Å²) >= 11 is 6.11. The van der Waals surface area contributed by atoms with Gasteiger partial charge in [-0.3, -0.25) is 9.59 Å².